The van der Waals surface area contributed by atoms with Crippen molar-refractivity contribution < 1.29 is 0 Å². The van der Waals surface area contributed by atoms with Crippen LogP contribution in [0, 0.1) is 25.7 Å². The van der Waals surface area contributed by atoms with Crippen molar-refractivity contribution >= 4 is 11.3 Å². The summed E-state index contributed by atoms with van der Waals surface area (Å²) in [5.74, 6) is 6.59. The quantitative estimate of drug-likeness (QED) is 0.394. The van der Waals surface area contributed by atoms with Gasteiger partial charge in [-0.15, -0.1) is 11.3 Å². The second kappa shape index (κ2) is 9.58. The Labute approximate surface area is 146 Å². The predicted molar refractivity (Wildman–Crippen MR) is 103 cm³/mol. The van der Waals surface area contributed by atoms with E-state index >= 15 is 0 Å². The van der Waals surface area contributed by atoms with Gasteiger partial charge in [-0.05, 0) is 50.5 Å². The van der Waals surface area contributed by atoms with Gasteiger partial charge in [0.25, 0.3) is 0 Å². The van der Waals surface area contributed by atoms with Gasteiger partial charge in [0, 0.05) is 20.9 Å². The van der Waals surface area contributed by atoms with Gasteiger partial charge in [0.1, 0.15) is 0 Å². The minimum absolute atomic E-state index is 1.11. The Bertz CT molecular complexity index is 650. The summed E-state index contributed by atoms with van der Waals surface area (Å²) in [4.78, 5) is 2.65. The number of unbranched alkanes of at least 4 members (excludes halogenated alkanes) is 5. The third kappa shape index (κ3) is 6.24. The summed E-state index contributed by atoms with van der Waals surface area (Å²) in [5, 5.41) is 0. The van der Waals surface area contributed by atoms with Gasteiger partial charge < -0.3 is 0 Å². The summed E-state index contributed by atoms with van der Waals surface area (Å²) in [5.41, 5.74) is 3.72. The normalized spacial score (nSPS) is 10.4. The molecule has 1 heterocycles. The van der Waals surface area contributed by atoms with Crippen molar-refractivity contribution in [2.45, 2.75) is 65.7 Å². The molecule has 0 saturated carbocycles. The number of aryl methyl sites for hydroxylation is 3. The zero-order chi connectivity index (χ0) is 16.5. The van der Waals surface area contributed by atoms with E-state index in [1.807, 2.05) is 11.3 Å². The van der Waals surface area contributed by atoms with E-state index in [0.29, 0.717) is 0 Å². The molecule has 1 aromatic carbocycles. The van der Waals surface area contributed by atoms with Gasteiger partial charge in [0.15, 0.2) is 0 Å². The molecule has 0 fully saturated rings. The van der Waals surface area contributed by atoms with Gasteiger partial charge in [-0.3, -0.25) is 0 Å². The average molecular weight is 325 g/mol. The van der Waals surface area contributed by atoms with E-state index in [0.717, 1.165) is 5.56 Å². The molecule has 1 heteroatoms. The molecule has 122 valence electrons. The summed E-state index contributed by atoms with van der Waals surface area (Å²) >= 11 is 1.82. The highest BCUT2D eigenvalue weighted by Crippen LogP contribution is 2.19. The summed E-state index contributed by atoms with van der Waals surface area (Å²) in [6.45, 7) is 6.55. The second-order valence-electron chi connectivity index (χ2n) is 6.29. The van der Waals surface area contributed by atoms with E-state index in [2.05, 4.69) is 62.9 Å². The third-order valence-electron chi connectivity index (χ3n) is 4.16. The first-order chi connectivity index (χ1) is 11.2. The monoisotopic (exact) mass is 324 g/mol. The van der Waals surface area contributed by atoms with Gasteiger partial charge in [-0.2, -0.15) is 0 Å². The lowest BCUT2D eigenvalue weighted by Crippen LogP contribution is -1.87. The fraction of sp³-hybridized carbons (Fsp3) is 0.455. The van der Waals surface area contributed by atoms with Gasteiger partial charge >= 0.3 is 0 Å². The molecule has 0 N–H and O–H groups in total. The molecule has 0 unspecified atom stereocenters. The van der Waals surface area contributed by atoms with Gasteiger partial charge in [0.2, 0.25) is 0 Å². The molecule has 23 heavy (non-hydrogen) atoms. The number of hydrogen-bond acceptors (Lipinski definition) is 1. The maximum absolute atomic E-state index is 3.30. The molecule has 0 atom stereocenters. The van der Waals surface area contributed by atoms with E-state index in [1.54, 1.807) is 0 Å². The summed E-state index contributed by atoms with van der Waals surface area (Å²) < 4.78 is 0. The minimum Gasteiger partial charge on any atom is -0.145 e. The molecular formula is C22H28S. The van der Waals surface area contributed by atoms with Crippen molar-refractivity contribution in [1.29, 1.82) is 0 Å². The van der Waals surface area contributed by atoms with Crippen LogP contribution in [-0.2, 0) is 6.42 Å². The molecule has 0 amide bonds. The van der Waals surface area contributed by atoms with Crippen molar-refractivity contribution in [3.8, 4) is 11.8 Å². The molecule has 0 aliphatic carbocycles. The lowest BCUT2D eigenvalue weighted by molar-refractivity contribution is 0.607. The van der Waals surface area contributed by atoms with E-state index in [4.69, 9.17) is 0 Å². The Balaban J connectivity index is 1.82. The van der Waals surface area contributed by atoms with Crippen LogP contribution in [0.1, 0.15) is 71.9 Å². The maximum atomic E-state index is 3.30. The van der Waals surface area contributed by atoms with Crippen LogP contribution in [0.3, 0.4) is 0 Å². The van der Waals surface area contributed by atoms with Gasteiger partial charge in [-0.25, -0.2) is 0 Å². The Hall–Kier alpha value is -1.52. The molecule has 0 aliphatic rings. The van der Waals surface area contributed by atoms with Crippen LogP contribution < -0.4 is 0 Å². The van der Waals surface area contributed by atoms with Crippen molar-refractivity contribution in [3.63, 3.8) is 0 Å². The van der Waals surface area contributed by atoms with E-state index in [1.165, 1.54) is 65.8 Å². The van der Waals surface area contributed by atoms with Crippen molar-refractivity contribution in [2.75, 3.05) is 0 Å². The average Bonchev–Trinajstić information content (AvgIpc) is 2.87. The smallest absolute Gasteiger partial charge is 0.0388 e. The molecule has 0 saturated heterocycles. The van der Waals surface area contributed by atoms with Crippen LogP contribution in [0.5, 0.6) is 0 Å². The lowest BCUT2D eigenvalue weighted by atomic mass is 10.0. The van der Waals surface area contributed by atoms with Gasteiger partial charge in [-0.1, -0.05) is 63.0 Å². The summed E-state index contributed by atoms with van der Waals surface area (Å²) in [6, 6.07) is 11.0. The van der Waals surface area contributed by atoms with Crippen LogP contribution in [0.2, 0.25) is 0 Å². The van der Waals surface area contributed by atoms with E-state index < -0.39 is 0 Å². The predicted octanol–water partition coefficient (Wildman–Crippen LogP) is 6.67. The highest BCUT2D eigenvalue weighted by molar-refractivity contribution is 7.12. The standard InChI is InChI=1S/C22H28S/c1-4-5-6-7-8-9-10-20-11-13-21(14-12-20)15-16-22-17-18(2)23-19(22)3/h11-14,17H,4-10H2,1-3H3. The van der Waals surface area contributed by atoms with Crippen molar-refractivity contribution in [3.05, 3.63) is 56.8 Å². The highest BCUT2D eigenvalue weighted by atomic mass is 32.1. The molecular weight excluding hydrogens is 296 g/mol. The minimum atomic E-state index is 1.11. The van der Waals surface area contributed by atoms with Crippen LogP contribution >= 0.6 is 11.3 Å². The molecule has 0 aliphatic heterocycles. The Morgan fingerprint density at radius 1 is 0.870 bits per heavy atom. The molecule has 0 radical (unpaired) electrons. The fourth-order valence-electron chi connectivity index (χ4n) is 2.76. The molecule has 0 bridgehead atoms. The Morgan fingerprint density at radius 2 is 1.57 bits per heavy atom. The number of rotatable bonds is 7. The largest absolute Gasteiger partial charge is 0.145 e. The maximum Gasteiger partial charge on any atom is 0.0388 e. The van der Waals surface area contributed by atoms with Crippen LogP contribution in [0.15, 0.2) is 30.3 Å². The SMILES string of the molecule is CCCCCCCCc1ccc(C#Cc2cc(C)sc2C)cc1. The van der Waals surface area contributed by atoms with Crippen LogP contribution in [0.25, 0.3) is 0 Å². The first kappa shape index (κ1) is 17.8. The van der Waals surface area contributed by atoms with Gasteiger partial charge in [0.05, 0.1) is 0 Å². The van der Waals surface area contributed by atoms with Crippen LogP contribution in [0.4, 0.5) is 0 Å². The number of benzene rings is 1. The zero-order valence-corrected chi connectivity index (χ0v) is 15.6. The Morgan fingerprint density at radius 3 is 2.22 bits per heavy atom. The summed E-state index contributed by atoms with van der Waals surface area (Å²) in [7, 11) is 0. The number of hydrogen-bond donors (Lipinski definition) is 0. The summed E-state index contributed by atoms with van der Waals surface area (Å²) in [6.07, 6.45) is 9.36. The third-order valence-corrected chi connectivity index (χ3v) is 5.12. The second-order valence-corrected chi connectivity index (χ2v) is 7.75. The van der Waals surface area contributed by atoms with Crippen molar-refractivity contribution in [2.24, 2.45) is 0 Å². The molecule has 1 aromatic heterocycles. The van der Waals surface area contributed by atoms with Crippen molar-refractivity contribution in [1.82, 2.24) is 0 Å². The fourth-order valence-corrected chi connectivity index (χ4v) is 3.64. The molecule has 2 rings (SSSR count). The highest BCUT2D eigenvalue weighted by Gasteiger charge is 1.99. The lowest BCUT2D eigenvalue weighted by Gasteiger charge is -2.02. The molecule has 0 nitrogen and oxygen atoms in total. The molecule has 2 aromatic rings. The topological polar surface area (TPSA) is 0 Å². The van der Waals surface area contributed by atoms with E-state index in [-0.39, 0.29) is 0 Å². The van der Waals surface area contributed by atoms with E-state index in [9.17, 15) is 0 Å². The molecule has 0 spiro atoms. The first-order valence-corrected chi connectivity index (χ1v) is 9.68. The first-order valence-electron chi connectivity index (χ1n) is 8.87. The number of thiophene rings is 1. The zero-order valence-electron chi connectivity index (χ0n) is 14.7. The Kier molecular flexibility index (Phi) is 7.43. The van der Waals surface area contributed by atoms with Crippen LogP contribution in [-0.4, -0.2) is 0 Å².